The van der Waals surface area contributed by atoms with E-state index in [-0.39, 0.29) is 11.3 Å². The zero-order valence-corrected chi connectivity index (χ0v) is 11.5. The van der Waals surface area contributed by atoms with Gasteiger partial charge in [0.25, 0.3) is 0 Å². The molecular weight excluding hydrogens is 230 g/mol. The van der Waals surface area contributed by atoms with E-state index in [1.807, 2.05) is 13.8 Å². The average Bonchev–Trinajstić information content (AvgIpc) is 2.80. The van der Waals surface area contributed by atoms with Gasteiger partial charge in [0.2, 0.25) is 0 Å². The van der Waals surface area contributed by atoms with Gasteiger partial charge in [-0.25, -0.2) is 0 Å². The van der Waals surface area contributed by atoms with Crippen LogP contribution in [0.5, 0.6) is 0 Å². The summed E-state index contributed by atoms with van der Waals surface area (Å²) in [5.74, 6) is 1.34. The van der Waals surface area contributed by atoms with E-state index in [1.165, 1.54) is 12.8 Å². The highest BCUT2D eigenvalue weighted by atomic mass is 16.4. The molecule has 1 aliphatic carbocycles. The standard InChI is InChI=1S/C13H27N3O2/c1-13(2,12(14)16-18)6-7-15-8-10-4-3-5-11(10)9-17/h10-11,15,17-18H,3-9H2,1-2H3,(H2,14,16). The predicted molar refractivity (Wildman–Crippen MR) is 72.6 cm³/mol. The predicted octanol–water partition coefficient (Wildman–Crippen LogP) is 1.15. The van der Waals surface area contributed by atoms with Gasteiger partial charge in [-0.3, -0.25) is 0 Å². The zero-order valence-electron chi connectivity index (χ0n) is 11.5. The smallest absolute Gasteiger partial charge is 0.144 e. The Balaban J connectivity index is 2.22. The van der Waals surface area contributed by atoms with Gasteiger partial charge in [0.05, 0.1) is 0 Å². The van der Waals surface area contributed by atoms with Gasteiger partial charge in [-0.1, -0.05) is 25.4 Å². The van der Waals surface area contributed by atoms with E-state index in [2.05, 4.69) is 10.5 Å². The first-order valence-electron chi connectivity index (χ1n) is 6.81. The molecule has 106 valence electrons. The second-order valence-corrected chi connectivity index (χ2v) is 5.96. The SMILES string of the molecule is CC(C)(CCNCC1CCCC1CO)C(N)=NO. The number of aliphatic hydroxyl groups excluding tert-OH is 1. The highest BCUT2D eigenvalue weighted by Gasteiger charge is 2.27. The van der Waals surface area contributed by atoms with Crippen molar-refractivity contribution in [3.05, 3.63) is 0 Å². The van der Waals surface area contributed by atoms with E-state index in [1.54, 1.807) is 0 Å². The number of amidine groups is 1. The van der Waals surface area contributed by atoms with Crippen molar-refractivity contribution in [2.24, 2.45) is 28.1 Å². The Morgan fingerprint density at radius 3 is 2.67 bits per heavy atom. The molecule has 0 saturated heterocycles. The van der Waals surface area contributed by atoms with Gasteiger partial charge in [-0.2, -0.15) is 0 Å². The quantitative estimate of drug-likeness (QED) is 0.181. The molecule has 0 aromatic heterocycles. The van der Waals surface area contributed by atoms with Crippen LogP contribution in [0.3, 0.4) is 0 Å². The third-order valence-electron chi connectivity index (χ3n) is 4.19. The minimum atomic E-state index is -0.284. The molecule has 2 atom stereocenters. The molecule has 0 aromatic carbocycles. The summed E-state index contributed by atoms with van der Waals surface area (Å²) >= 11 is 0. The lowest BCUT2D eigenvalue weighted by Gasteiger charge is -2.24. The Bertz CT molecular complexity index is 279. The van der Waals surface area contributed by atoms with Gasteiger partial charge < -0.3 is 21.4 Å². The molecule has 1 aliphatic rings. The van der Waals surface area contributed by atoms with Crippen molar-refractivity contribution in [3.63, 3.8) is 0 Å². The van der Waals surface area contributed by atoms with Gasteiger partial charge in [0.1, 0.15) is 5.84 Å². The Kier molecular flexibility index (Phi) is 5.88. The number of aliphatic hydroxyl groups is 1. The fraction of sp³-hybridized carbons (Fsp3) is 0.923. The maximum absolute atomic E-state index is 9.24. The Labute approximate surface area is 109 Å². The van der Waals surface area contributed by atoms with Gasteiger partial charge in [-0.15, -0.1) is 0 Å². The number of oxime groups is 1. The molecule has 2 unspecified atom stereocenters. The summed E-state index contributed by atoms with van der Waals surface area (Å²) in [6, 6.07) is 0. The lowest BCUT2D eigenvalue weighted by molar-refractivity contribution is 0.192. The monoisotopic (exact) mass is 257 g/mol. The van der Waals surface area contributed by atoms with Crippen molar-refractivity contribution >= 4 is 5.84 Å². The number of rotatable bonds is 7. The molecule has 0 aromatic rings. The molecule has 0 radical (unpaired) electrons. The van der Waals surface area contributed by atoms with Gasteiger partial charge in [0.15, 0.2) is 0 Å². The summed E-state index contributed by atoms with van der Waals surface area (Å²) < 4.78 is 0. The van der Waals surface area contributed by atoms with Crippen LogP contribution in [0.15, 0.2) is 5.16 Å². The number of hydrogen-bond acceptors (Lipinski definition) is 4. The van der Waals surface area contributed by atoms with Crippen LogP contribution >= 0.6 is 0 Å². The third kappa shape index (κ3) is 4.14. The Hall–Kier alpha value is -0.810. The van der Waals surface area contributed by atoms with E-state index < -0.39 is 0 Å². The summed E-state index contributed by atoms with van der Waals surface area (Å²) in [6.45, 7) is 6.04. The molecule has 5 heteroatoms. The van der Waals surface area contributed by atoms with Crippen molar-refractivity contribution in [3.8, 4) is 0 Å². The highest BCUT2D eigenvalue weighted by Crippen LogP contribution is 2.30. The van der Waals surface area contributed by atoms with Crippen LogP contribution in [0.25, 0.3) is 0 Å². The van der Waals surface area contributed by atoms with E-state index >= 15 is 0 Å². The average molecular weight is 257 g/mol. The molecule has 1 fully saturated rings. The molecule has 0 spiro atoms. The van der Waals surface area contributed by atoms with E-state index in [0.29, 0.717) is 18.4 Å². The van der Waals surface area contributed by atoms with Crippen LogP contribution in [0, 0.1) is 17.3 Å². The molecular formula is C13H27N3O2. The molecule has 0 bridgehead atoms. The minimum Gasteiger partial charge on any atom is -0.409 e. The van der Waals surface area contributed by atoms with E-state index in [0.717, 1.165) is 25.9 Å². The lowest BCUT2D eigenvalue weighted by atomic mass is 9.88. The summed E-state index contributed by atoms with van der Waals surface area (Å²) in [6.07, 6.45) is 4.42. The fourth-order valence-corrected chi connectivity index (χ4v) is 2.57. The molecule has 18 heavy (non-hydrogen) atoms. The highest BCUT2D eigenvalue weighted by molar-refractivity contribution is 5.85. The van der Waals surface area contributed by atoms with Crippen LogP contribution in [0.4, 0.5) is 0 Å². The van der Waals surface area contributed by atoms with Crippen molar-refractivity contribution in [2.75, 3.05) is 19.7 Å². The summed E-state index contributed by atoms with van der Waals surface area (Å²) in [4.78, 5) is 0. The second-order valence-electron chi connectivity index (χ2n) is 5.96. The Morgan fingerprint density at radius 1 is 1.39 bits per heavy atom. The maximum atomic E-state index is 9.24. The van der Waals surface area contributed by atoms with Crippen molar-refractivity contribution in [2.45, 2.75) is 39.5 Å². The summed E-state index contributed by atoms with van der Waals surface area (Å²) in [5.41, 5.74) is 5.35. The topological polar surface area (TPSA) is 90.9 Å². The first kappa shape index (κ1) is 15.2. The molecule has 0 heterocycles. The molecule has 5 nitrogen and oxygen atoms in total. The first-order valence-corrected chi connectivity index (χ1v) is 6.81. The van der Waals surface area contributed by atoms with Crippen molar-refractivity contribution < 1.29 is 10.3 Å². The zero-order chi connectivity index (χ0) is 13.6. The summed E-state index contributed by atoms with van der Waals surface area (Å²) in [5, 5.41) is 24.4. The third-order valence-corrected chi connectivity index (χ3v) is 4.19. The van der Waals surface area contributed by atoms with Crippen LogP contribution < -0.4 is 11.1 Å². The number of nitrogens with two attached hydrogens (primary N) is 1. The van der Waals surface area contributed by atoms with E-state index in [4.69, 9.17) is 10.9 Å². The largest absolute Gasteiger partial charge is 0.409 e. The molecule has 5 N–H and O–H groups in total. The molecule has 0 amide bonds. The lowest BCUT2D eigenvalue weighted by Crippen LogP contribution is -2.36. The van der Waals surface area contributed by atoms with Crippen LogP contribution in [-0.4, -0.2) is 35.8 Å². The fourth-order valence-electron chi connectivity index (χ4n) is 2.57. The second kappa shape index (κ2) is 6.95. The number of nitrogens with zero attached hydrogens (tertiary/aromatic N) is 1. The van der Waals surface area contributed by atoms with Crippen molar-refractivity contribution in [1.29, 1.82) is 0 Å². The van der Waals surface area contributed by atoms with E-state index in [9.17, 15) is 5.11 Å². The molecule has 0 aliphatic heterocycles. The van der Waals surface area contributed by atoms with Crippen LogP contribution in [-0.2, 0) is 0 Å². The Morgan fingerprint density at radius 2 is 2.06 bits per heavy atom. The molecule has 1 rings (SSSR count). The first-order chi connectivity index (χ1) is 8.51. The minimum absolute atomic E-state index is 0.276. The van der Waals surface area contributed by atoms with Crippen molar-refractivity contribution in [1.82, 2.24) is 5.32 Å². The number of hydrogen-bond donors (Lipinski definition) is 4. The molecule has 1 saturated carbocycles. The van der Waals surface area contributed by atoms with Gasteiger partial charge in [0, 0.05) is 12.0 Å². The normalized spacial score (nSPS) is 25.6. The van der Waals surface area contributed by atoms with Gasteiger partial charge >= 0.3 is 0 Å². The number of nitrogens with one attached hydrogen (secondary N) is 1. The summed E-state index contributed by atoms with van der Waals surface area (Å²) in [7, 11) is 0. The van der Waals surface area contributed by atoms with Crippen LogP contribution in [0.2, 0.25) is 0 Å². The van der Waals surface area contributed by atoms with Crippen LogP contribution in [0.1, 0.15) is 39.5 Å². The van der Waals surface area contributed by atoms with Gasteiger partial charge in [-0.05, 0) is 44.2 Å². The maximum Gasteiger partial charge on any atom is 0.144 e.